The summed E-state index contributed by atoms with van der Waals surface area (Å²) in [6.07, 6.45) is -2.49. The highest BCUT2D eigenvalue weighted by atomic mass is 32.1. The first-order valence-electron chi connectivity index (χ1n) is 8.33. The molecule has 120 valence electrons. The van der Waals surface area contributed by atoms with Gasteiger partial charge in [-0.2, -0.15) is 4.37 Å². The highest BCUT2D eigenvalue weighted by Gasteiger charge is 2.21. The maximum Gasteiger partial charge on any atom is 0.270 e. The molecule has 0 saturated carbocycles. The Kier molecular flexibility index (Phi) is 4.40. The van der Waals surface area contributed by atoms with Crippen molar-refractivity contribution < 1.29 is 18.7 Å². The van der Waals surface area contributed by atoms with E-state index in [1.165, 1.54) is 0 Å². The Morgan fingerprint density at radius 3 is 2.90 bits per heavy atom. The monoisotopic (exact) mass is 319 g/mol. The van der Waals surface area contributed by atoms with Crippen molar-refractivity contribution in [1.82, 2.24) is 14.1 Å². The largest absolute Gasteiger partial charge is 0.472 e. The maximum absolute atomic E-state index is 10.2. The summed E-state index contributed by atoms with van der Waals surface area (Å²) < 4.78 is 42.6. The molecule has 2 rings (SSSR count). The van der Waals surface area contributed by atoms with Crippen LogP contribution in [0.15, 0.2) is 0 Å². The number of hydrogen-bond acceptors (Lipinski definition) is 8. The third-order valence-electron chi connectivity index (χ3n) is 2.80. The molecule has 0 unspecified atom stereocenters. The van der Waals surface area contributed by atoms with E-state index >= 15 is 0 Å². The first-order valence-corrected chi connectivity index (χ1v) is 7.57. The van der Waals surface area contributed by atoms with Crippen LogP contribution in [0.25, 0.3) is 0 Å². The molecule has 1 saturated heterocycles. The molecule has 0 radical (unpaired) electrons. The normalized spacial score (nSPS) is 22.1. The van der Waals surface area contributed by atoms with Gasteiger partial charge in [0.1, 0.15) is 12.6 Å². The lowest BCUT2D eigenvalue weighted by Crippen LogP contribution is -2.42. The van der Waals surface area contributed by atoms with Gasteiger partial charge in [-0.3, -0.25) is 0 Å². The van der Waals surface area contributed by atoms with E-state index in [9.17, 15) is 5.11 Å². The lowest BCUT2D eigenvalue weighted by molar-refractivity contribution is 0.0975. The van der Waals surface area contributed by atoms with Crippen LogP contribution in [-0.2, 0) is 4.74 Å². The molecule has 0 spiro atoms. The van der Waals surface area contributed by atoms with Crippen molar-refractivity contribution in [3.05, 3.63) is 0 Å². The van der Waals surface area contributed by atoms with Crippen molar-refractivity contribution in [2.45, 2.75) is 32.4 Å². The number of hydrogen-bond donors (Lipinski definition) is 2. The summed E-state index contributed by atoms with van der Waals surface area (Å²) in [7, 11) is 0. The SMILES string of the molecule is [2H]C([2H])(Oc1nsnc1N1CCOCC1)[C@@]([2H])(O)CNC(C)(C)C. The zero-order valence-electron chi connectivity index (χ0n) is 15.5. The van der Waals surface area contributed by atoms with Crippen LogP contribution in [0.4, 0.5) is 5.82 Å². The second-order valence-corrected chi connectivity index (χ2v) is 6.28. The fourth-order valence-corrected chi connectivity index (χ4v) is 2.21. The Balaban J connectivity index is 2.09. The molecular weight excluding hydrogens is 292 g/mol. The molecule has 1 atom stereocenters. The molecule has 1 aliphatic rings. The first kappa shape index (κ1) is 12.6. The van der Waals surface area contributed by atoms with Gasteiger partial charge in [0.15, 0.2) is 0 Å². The lowest BCUT2D eigenvalue weighted by atomic mass is 10.1. The van der Waals surface area contributed by atoms with Gasteiger partial charge in [-0.1, -0.05) is 0 Å². The molecule has 8 heteroatoms. The number of nitrogens with zero attached hydrogens (tertiary/aromatic N) is 3. The zero-order chi connectivity index (χ0) is 18.0. The molecule has 1 aromatic heterocycles. The Labute approximate surface area is 133 Å². The second-order valence-electron chi connectivity index (χ2n) is 5.75. The van der Waals surface area contributed by atoms with E-state index in [1.807, 2.05) is 25.7 Å². The van der Waals surface area contributed by atoms with Crippen LogP contribution in [-0.4, -0.2) is 64.9 Å². The molecule has 21 heavy (non-hydrogen) atoms. The number of morpholine rings is 1. The van der Waals surface area contributed by atoms with Gasteiger partial charge in [0.2, 0.25) is 5.82 Å². The smallest absolute Gasteiger partial charge is 0.270 e. The minimum atomic E-state index is -2.66. The lowest BCUT2D eigenvalue weighted by Gasteiger charge is -2.27. The van der Waals surface area contributed by atoms with Crippen molar-refractivity contribution in [3.63, 3.8) is 0 Å². The van der Waals surface area contributed by atoms with Crippen molar-refractivity contribution >= 4 is 17.5 Å². The summed E-state index contributed by atoms with van der Waals surface area (Å²) in [6.45, 7) is 4.91. The quantitative estimate of drug-likeness (QED) is 0.790. The molecule has 0 amide bonds. The van der Waals surface area contributed by atoms with E-state index in [0.29, 0.717) is 32.1 Å². The number of β-amino-alcohol motifs (C(OH)–C–C–N with tert-alkyl or cyclic N) is 1. The maximum atomic E-state index is 10.2. The molecular formula is C13H24N4O3S. The summed E-state index contributed by atoms with van der Waals surface area (Å²) in [5.74, 6) is 0.389. The number of anilines is 1. The highest BCUT2D eigenvalue weighted by molar-refractivity contribution is 6.99. The second kappa shape index (κ2) is 7.35. The summed E-state index contributed by atoms with van der Waals surface area (Å²) in [4.78, 5) is 1.88. The van der Waals surface area contributed by atoms with Gasteiger partial charge in [-0.05, 0) is 20.8 Å². The standard InChI is InChI=1S/C13H24N4O3S/c1-13(2,3)14-8-10(18)9-20-12-11(15-21-16-12)17-4-6-19-7-5-17/h10,14,18H,4-9H2,1-3H3/t10-/m0/s1/i9D2,10D. The van der Waals surface area contributed by atoms with Crippen molar-refractivity contribution in [3.8, 4) is 5.88 Å². The average molecular weight is 319 g/mol. The van der Waals surface area contributed by atoms with Gasteiger partial charge < -0.3 is 24.8 Å². The molecule has 2 N–H and O–H groups in total. The average Bonchev–Trinajstić information content (AvgIpc) is 2.93. The molecule has 7 nitrogen and oxygen atoms in total. The molecule has 0 aliphatic carbocycles. The minimum absolute atomic E-state index is 0.0201. The molecule has 0 bridgehead atoms. The number of nitrogens with one attached hydrogen (secondary N) is 1. The predicted molar refractivity (Wildman–Crippen MR) is 82.2 cm³/mol. The van der Waals surface area contributed by atoms with E-state index in [0.717, 1.165) is 11.7 Å². The Bertz CT molecular complexity index is 545. The van der Waals surface area contributed by atoms with Gasteiger partial charge in [0.25, 0.3) is 5.88 Å². The predicted octanol–water partition coefficient (Wildman–Crippen LogP) is 0.502. The summed E-state index contributed by atoms with van der Waals surface area (Å²) in [5.41, 5.74) is -0.369. The van der Waals surface area contributed by atoms with E-state index < -0.39 is 12.6 Å². The Hall–Kier alpha value is -0.960. The van der Waals surface area contributed by atoms with Crippen LogP contribution < -0.4 is 15.0 Å². The van der Waals surface area contributed by atoms with E-state index in [2.05, 4.69) is 14.1 Å². The fraction of sp³-hybridized carbons (Fsp3) is 0.846. The van der Waals surface area contributed by atoms with E-state index in [4.69, 9.17) is 13.6 Å². The Morgan fingerprint density at radius 1 is 1.52 bits per heavy atom. The number of rotatable bonds is 6. The van der Waals surface area contributed by atoms with Gasteiger partial charge in [-0.15, -0.1) is 4.37 Å². The van der Waals surface area contributed by atoms with E-state index in [-0.39, 0.29) is 18.0 Å². The van der Waals surface area contributed by atoms with Gasteiger partial charge in [0.05, 0.1) is 29.1 Å². The van der Waals surface area contributed by atoms with Gasteiger partial charge >= 0.3 is 0 Å². The zero-order valence-corrected chi connectivity index (χ0v) is 13.4. The third-order valence-corrected chi connectivity index (χ3v) is 3.31. The van der Waals surface area contributed by atoms with Crippen LogP contribution in [0.3, 0.4) is 0 Å². The number of aliphatic hydroxyl groups is 1. The molecule has 1 aliphatic heterocycles. The van der Waals surface area contributed by atoms with Gasteiger partial charge in [0, 0.05) is 25.2 Å². The Morgan fingerprint density at radius 2 is 2.24 bits per heavy atom. The molecule has 2 heterocycles. The van der Waals surface area contributed by atoms with Gasteiger partial charge in [-0.25, -0.2) is 0 Å². The van der Waals surface area contributed by atoms with Crippen LogP contribution in [0.5, 0.6) is 5.88 Å². The molecule has 0 aromatic carbocycles. The number of ether oxygens (including phenoxy) is 2. The first-order chi connectivity index (χ1) is 11.0. The van der Waals surface area contributed by atoms with Crippen molar-refractivity contribution in [2.75, 3.05) is 44.3 Å². The third kappa shape index (κ3) is 5.39. The topological polar surface area (TPSA) is 79.7 Å². The number of aromatic nitrogens is 2. The molecule has 1 fully saturated rings. The minimum Gasteiger partial charge on any atom is -0.472 e. The summed E-state index contributed by atoms with van der Waals surface area (Å²) in [5, 5.41) is 13.1. The van der Waals surface area contributed by atoms with Crippen molar-refractivity contribution in [1.29, 1.82) is 0 Å². The van der Waals surface area contributed by atoms with Crippen molar-refractivity contribution in [2.24, 2.45) is 0 Å². The van der Waals surface area contributed by atoms with Crippen LogP contribution >= 0.6 is 11.7 Å². The molecule has 1 aromatic rings. The fourth-order valence-electron chi connectivity index (χ4n) is 1.70. The highest BCUT2D eigenvalue weighted by Crippen LogP contribution is 2.26. The van der Waals surface area contributed by atoms with Crippen LogP contribution in [0, 0.1) is 0 Å². The van der Waals surface area contributed by atoms with Crippen LogP contribution in [0.1, 0.15) is 24.9 Å². The summed E-state index contributed by atoms with van der Waals surface area (Å²) >= 11 is 0.896. The van der Waals surface area contributed by atoms with E-state index in [1.54, 1.807) is 0 Å². The van der Waals surface area contributed by atoms with Crippen LogP contribution in [0.2, 0.25) is 0 Å². The summed E-state index contributed by atoms with van der Waals surface area (Å²) in [6, 6.07) is 0.